The molecular weight excluding hydrogens is 645 g/mol. The van der Waals surface area contributed by atoms with E-state index in [0.717, 1.165) is 58.8 Å². The van der Waals surface area contributed by atoms with Crippen molar-refractivity contribution in [3.8, 4) is 0 Å². The van der Waals surface area contributed by atoms with Crippen molar-refractivity contribution >= 4 is 69.5 Å². The molecule has 0 unspecified atom stereocenters. The number of allylic oxidation sites excluding steroid dienone is 5. The molecule has 0 bridgehead atoms. The van der Waals surface area contributed by atoms with Gasteiger partial charge in [-0.3, -0.25) is 0 Å². The first-order valence-corrected chi connectivity index (χ1v) is 18.2. The number of nitrogens with one attached hydrogen (secondary N) is 1. The Balaban J connectivity index is 1.37. The molecule has 1 N–H and O–H groups in total. The van der Waals surface area contributed by atoms with Gasteiger partial charge in [0.1, 0.15) is 0 Å². The lowest BCUT2D eigenvalue weighted by Crippen LogP contribution is -2.18. The van der Waals surface area contributed by atoms with Gasteiger partial charge in [0.25, 0.3) is 0 Å². The highest BCUT2D eigenvalue weighted by atomic mass is 35.5. The topological polar surface area (TPSA) is 18.5 Å². The molecule has 0 aromatic heterocycles. The summed E-state index contributed by atoms with van der Waals surface area (Å²) in [6.45, 7) is 6.04. The second-order valence-corrected chi connectivity index (χ2v) is 13.9. The monoisotopic (exact) mass is 681 g/mol. The molecule has 0 saturated carbocycles. The highest BCUT2D eigenvalue weighted by Gasteiger charge is 2.27. The third kappa shape index (κ3) is 7.39. The fraction of sp³-hybridized carbons (Fsp3) is 0.179. The zero-order valence-electron chi connectivity index (χ0n) is 26.0. The number of hydrogen-bond acceptors (Lipinski definition) is 5. The van der Waals surface area contributed by atoms with Crippen LogP contribution in [0.3, 0.4) is 0 Å². The van der Waals surface area contributed by atoms with Gasteiger partial charge in [0.15, 0.2) is 0 Å². The van der Waals surface area contributed by atoms with Gasteiger partial charge >= 0.3 is 0 Å². The van der Waals surface area contributed by atoms with Gasteiger partial charge in [0.05, 0.1) is 16.4 Å². The predicted molar refractivity (Wildman–Crippen MR) is 203 cm³/mol. The molecule has 7 heteroatoms. The molecule has 46 heavy (non-hydrogen) atoms. The fourth-order valence-electron chi connectivity index (χ4n) is 5.87. The van der Waals surface area contributed by atoms with Crippen LogP contribution in [-0.2, 0) is 0 Å². The zero-order valence-corrected chi connectivity index (χ0v) is 29.2. The van der Waals surface area contributed by atoms with Crippen LogP contribution in [0.1, 0.15) is 26.7 Å². The number of hydrogen-bond donors (Lipinski definition) is 1. The second-order valence-electron chi connectivity index (χ2n) is 10.9. The van der Waals surface area contributed by atoms with Crippen molar-refractivity contribution in [2.75, 3.05) is 34.0 Å². The maximum absolute atomic E-state index is 6.38. The summed E-state index contributed by atoms with van der Waals surface area (Å²) in [5.74, 6) is 0.861. The molecule has 4 aromatic rings. The van der Waals surface area contributed by atoms with Crippen molar-refractivity contribution in [3.05, 3.63) is 153 Å². The van der Waals surface area contributed by atoms with E-state index in [-0.39, 0.29) is 0 Å². The van der Waals surface area contributed by atoms with E-state index in [1.165, 1.54) is 37.4 Å². The molecule has 4 aromatic carbocycles. The maximum atomic E-state index is 6.38. The highest BCUT2D eigenvalue weighted by molar-refractivity contribution is 8.03. The molecule has 1 aliphatic heterocycles. The van der Waals surface area contributed by atoms with E-state index in [4.69, 9.17) is 23.2 Å². The van der Waals surface area contributed by atoms with Crippen LogP contribution in [0.5, 0.6) is 0 Å². The van der Waals surface area contributed by atoms with Crippen LogP contribution in [0.25, 0.3) is 0 Å². The fourth-order valence-corrected chi connectivity index (χ4v) is 8.14. The van der Waals surface area contributed by atoms with Gasteiger partial charge in [-0.15, -0.1) is 11.8 Å². The molecule has 0 saturated heterocycles. The molecule has 234 valence electrons. The van der Waals surface area contributed by atoms with Crippen molar-refractivity contribution in [1.29, 1.82) is 0 Å². The Hall–Kier alpha value is -3.48. The molecule has 1 aliphatic carbocycles. The molecule has 0 amide bonds. The number of para-hydroxylation sites is 2. The zero-order chi connectivity index (χ0) is 31.9. The minimum Gasteiger partial charge on any atom is -0.384 e. The predicted octanol–water partition coefficient (Wildman–Crippen LogP) is 12.4. The van der Waals surface area contributed by atoms with Crippen LogP contribution in [0, 0.1) is 0 Å². The summed E-state index contributed by atoms with van der Waals surface area (Å²) >= 11 is 16.3. The Labute approximate surface area is 291 Å². The van der Waals surface area contributed by atoms with Crippen molar-refractivity contribution in [2.45, 2.75) is 36.5 Å². The average molecular weight is 683 g/mol. The summed E-state index contributed by atoms with van der Waals surface area (Å²) in [6, 6.07) is 33.6. The van der Waals surface area contributed by atoms with Crippen molar-refractivity contribution in [1.82, 2.24) is 0 Å². The largest absolute Gasteiger partial charge is 0.384 e. The lowest BCUT2D eigenvalue weighted by atomic mass is 10.1. The third-order valence-corrected chi connectivity index (χ3v) is 10.6. The third-order valence-electron chi connectivity index (χ3n) is 7.92. The van der Waals surface area contributed by atoms with Crippen LogP contribution < -0.4 is 15.1 Å². The number of benzene rings is 4. The molecule has 6 rings (SSSR count). The average Bonchev–Trinajstić information content (AvgIpc) is 3.64. The van der Waals surface area contributed by atoms with Gasteiger partial charge in [-0.2, -0.15) is 0 Å². The first kappa shape index (κ1) is 32.5. The quantitative estimate of drug-likeness (QED) is 0.158. The summed E-state index contributed by atoms with van der Waals surface area (Å²) in [5, 5.41) is 6.18. The molecule has 0 spiro atoms. The van der Waals surface area contributed by atoms with Crippen molar-refractivity contribution in [3.63, 3.8) is 0 Å². The Morgan fingerprint density at radius 3 is 2.24 bits per heavy atom. The number of fused-ring (bicyclic) bond motifs is 1. The summed E-state index contributed by atoms with van der Waals surface area (Å²) in [4.78, 5) is 7.22. The SMILES string of the molecule is CCNc1cc(Cl)ccc1SC/C=C/C1=C(N(c2ccccc2)c2ccccc2)C(=C\C=C2\Sc3ccc(Cl)cc3N2CC)/CC1. The van der Waals surface area contributed by atoms with Gasteiger partial charge < -0.3 is 15.1 Å². The van der Waals surface area contributed by atoms with Crippen LogP contribution >= 0.6 is 46.7 Å². The number of rotatable bonds is 11. The first-order chi connectivity index (χ1) is 22.6. The van der Waals surface area contributed by atoms with E-state index in [1.54, 1.807) is 0 Å². The molecule has 2 aliphatic rings. The number of halogens is 2. The van der Waals surface area contributed by atoms with Crippen LogP contribution in [0.15, 0.2) is 153 Å². The van der Waals surface area contributed by atoms with Gasteiger partial charge in [-0.1, -0.05) is 89.6 Å². The minimum atomic E-state index is 0.749. The van der Waals surface area contributed by atoms with E-state index in [0.29, 0.717) is 0 Å². The minimum absolute atomic E-state index is 0.749. The Kier molecular flexibility index (Phi) is 10.9. The van der Waals surface area contributed by atoms with Crippen molar-refractivity contribution < 1.29 is 0 Å². The smallest absolute Gasteiger partial charge is 0.0801 e. The maximum Gasteiger partial charge on any atom is 0.0801 e. The number of anilines is 4. The van der Waals surface area contributed by atoms with Crippen LogP contribution in [0.2, 0.25) is 10.0 Å². The molecular formula is C39H37Cl2N3S2. The summed E-state index contributed by atoms with van der Waals surface area (Å²) in [6.07, 6.45) is 11.2. The normalized spacial score (nSPS) is 16.2. The summed E-state index contributed by atoms with van der Waals surface area (Å²) < 4.78 is 0. The van der Waals surface area contributed by atoms with E-state index in [1.807, 2.05) is 41.7 Å². The molecule has 0 atom stereocenters. The lowest BCUT2D eigenvalue weighted by molar-refractivity contribution is 1.000. The first-order valence-electron chi connectivity index (χ1n) is 15.7. The highest BCUT2D eigenvalue weighted by Crippen LogP contribution is 2.47. The van der Waals surface area contributed by atoms with Crippen molar-refractivity contribution in [2.24, 2.45) is 0 Å². The second kappa shape index (κ2) is 15.4. The van der Waals surface area contributed by atoms with E-state index < -0.39 is 0 Å². The van der Waals surface area contributed by atoms with Gasteiger partial charge in [-0.05, 0) is 105 Å². The van der Waals surface area contributed by atoms with E-state index in [9.17, 15) is 0 Å². The van der Waals surface area contributed by atoms with E-state index >= 15 is 0 Å². The lowest BCUT2D eigenvalue weighted by Gasteiger charge is -2.28. The Bertz CT molecular complexity index is 1760. The Morgan fingerprint density at radius 2 is 1.54 bits per heavy atom. The van der Waals surface area contributed by atoms with Crippen LogP contribution in [0.4, 0.5) is 22.7 Å². The standard InChI is InChI=1S/C39H37Cl2N3S2/c1-3-42-34-26-30(40)20-22-36(34)45-25-11-12-28-17-18-29(19-24-38-43(4-2)35-27-31(41)21-23-37(35)46-38)39(28)44(32-13-7-5-8-14-32)33-15-9-6-10-16-33/h5-16,19-24,26-27,42H,3-4,17-18,25H2,1-2H3/b12-11+,29-19-,38-24+. The molecule has 0 radical (unpaired) electrons. The van der Waals surface area contributed by atoms with Gasteiger partial charge in [0, 0.05) is 55.7 Å². The van der Waals surface area contributed by atoms with Gasteiger partial charge in [0.2, 0.25) is 0 Å². The molecule has 1 heterocycles. The summed E-state index contributed by atoms with van der Waals surface area (Å²) in [7, 11) is 0. The number of thioether (sulfide) groups is 2. The number of nitrogens with zero attached hydrogens (tertiary/aromatic N) is 2. The van der Waals surface area contributed by atoms with Crippen LogP contribution in [-0.4, -0.2) is 18.8 Å². The molecule has 3 nitrogen and oxygen atoms in total. The van der Waals surface area contributed by atoms with E-state index in [2.05, 4.69) is 132 Å². The Morgan fingerprint density at radius 1 is 0.848 bits per heavy atom. The molecule has 0 fully saturated rings. The summed E-state index contributed by atoms with van der Waals surface area (Å²) in [5.41, 5.74) is 8.47. The van der Waals surface area contributed by atoms with Gasteiger partial charge in [-0.25, -0.2) is 0 Å².